The number of rotatable bonds is 6. The van der Waals surface area contributed by atoms with Gasteiger partial charge in [-0.1, -0.05) is 54.6 Å². The highest BCUT2D eigenvalue weighted by atomic mass is 19.1. The van der Waals surface area contributed by atoms with E-state index in [0.717, 1.165) is 16.3 Å². The summed E-state index contributed by atoms with van der Waals surface area (Å²) in [5, 5.41) is 2.31. The molecule has 5 heteroatoms. The largest absolute Gasteiger partial charge is 0.441 e. The number of carbonyl (C=O) groups excluding carboxylic acids is 1. The second-order valence-electron chi connectivity index (χ2n) is 6.99. The first-order valence-electron chi connectivity index (χ1n) is 9.52. The first-order chi connectivity index (χ1) is 14.1. The van der Waals surface area contributed by atoms with E-state index in [1.54, 1.807) is 30.1 Å². The third-order valence-corrected chi connectivity index (χ3v) is 4.96. The molecule has 146 valence electrons. The number of fused-ring (bicyclic) bond motifs is 1. The van der Waals surface area contributed by atoms with Crippen LogP contribution in [0.1, 0.15) is 17.9 Å². The Morgan fingerprint density at radius 2 is 1.79 bits per heavy atom. The van der Waals surface area contributed by atoms with Gasteiger partial charge in [0, 0.05) is 26.4 Å². The fourth-order valence-corrected chi connectivity index (χ4v) is 3.39. The number of benzene rings is 3. The molecule has 0 bridgehead atoms. The van der Waals surface area contributed by atoms with Crippen molar-refractivity contribution in [1.29, 1.82) is 0 Å². The Morgan fingerprint density at radius 1 is 1.03 bits per heavy atom. The minimum absolute atomic E-state index is 0.00331. The molecule has 0 unspecified atom stereocenters. The number of oxazole rings is 1. The van der Waals surface area contributed by atoms with Crippen LogP contribution in [0.15, 0.2) is 77.3 Å². The third kappa shape index (κ3) is 4.19. The van der Waals surface area contributed by atoms with Crippen LogP contribution in [0.5, 0.6) is 0 Å². The maximum Gasteiger partial charge on any atom is 0.223 e. The molecule has 0 saturated heterocycles. The molecule has 29 heavy (non-hydrogen) atoms. The van der Waals surface area contributed by atoms with Crippen LogP contribution in [0.25, 0.3) is 22.1 Å². The summed E-state index contributed by atoms with van der Waals surface area (Å²) < 4.78 is 19.5. The molecule has 1 aromatic heterocycles. The van der Waals surface area contributed by atoms with Crippen LogP contribution in [-0.4, -0.2) is 22.8 Å². The number of carbonyl (C=O) groups is 1. The minimum Gasteiger partial charge on any atom is -0.441 e. The molecule has 4 nitrogen and oxygen atoms in total. The number of hydrogen-bond donors (Lipinski definition) is 0. The van der Waals surface area contributed by atoms with Gasteiger partial charge in [0.15, 0.2) is 11.7 Å². The van der Waals surface area contributed by atoms with E-state index in [2.05, 4.69) is 23.2 Å². The second kappa shape index (κ2) is 8.27. The van der Waals surface area contributed by atoms with Crippen LogP contribution in [0, 0.1) is 5.82 Å². The molecule has 0 fully saturated rings. The molecule has 0 aliphatic rings. The van der Waals surface area contributed by atoms with Crippen LogP contribution < -0.4 is 0 Å². The molecule has 0 radical (unpaired) electrons. The summed E-state index contributed by atoms with van der Waals surface area (Å²) in [4.78, 5) is 18.5. The summed E-state index contributed by atoms with van der Waals surface area (Å²) in [6, 6.07) is 20.6. The lowest BCUT2D eigenvalue weighted by Crippen LogP contribution is -2.26. The van der Waals surface area contributed by atoms with E-state index in [4.69, 9.17) is 4.42 Å². The van der Waals surface area contributed by atoms with Gasteiger partial charge in [-0.2, -0.15) is 0 Å². The number of aromatic nitrogens is 1. The lowest BCUT2D eigenvalue weighted by molar-refractivity contribution is -0.130. The van der Waals surface area contributed by atoms with Crippen molar-refractivity contribution in [2.24, 2.45) is 0 Å². The smallest absolute Gasteiger partial charge is 0.223 e. The Hall–Kier alpha value is -3.47. The van der Waals surface area contributed by atoms with Gasteiger partial charge in [0.25, 0.3) is 0 Å². The van der Waals surface area contributed by atoms with E-state index in [-0.39, 0.29) is 18.1 Å². The zero-order valence-corrected chi connectivity index (χ0v) is 16.1. The molecule has 0 spiro atoms. The molecular formula is C24H21FN2O2. The molecule has 4 aromatic rings. The highest BCUT2D eigenvalue weighted by Crippen LogP contribution is 2.24. The molecule has 1 heterocycles. The quantitative estimate of drug-likeness (QED) is 0.455. The standard InChI is InChI=1S/C24H21FN2O2/c1-27(16-18-9-6-8-17-7-2-3-10-19(17)18)24(28)14-13-23-26-15-22(29-23)20-11-4-5-12-21(20)25/h2-12,15H,13-14,16H2,1H3. The van der Waals surface area contributed by atoms with Crippen molar-refractivity contribution >= 4 is 16.7 Å². The SMILES string of the molecule is CN(Cc1cccc2ccccc12)C(=O)CCc1ncc(-c2ccccc2F)o1. The fraction of sp³-hybridized carbons (Fsp3) is 0.167. The van der Waals surface area contributed by atoms with E-state index in [1.807, 2.05) is 24.3 Å². The molecular weight excluding hydrogens is 367 g/mol. The summed E-state index contributed by atoms with van der Waals surface area (Å²) in [6.07, 6.45) is 2.14. The molecule has 0 aliphatic carbocycles. The van der Waals surface area contributed by atoms with Crippen molar-refractivity contribution in [1.82, 2.24) is 9.88 Å². The molecule has 1 amide bonds. The lowest BCUT2D eigenvalue weighted by Gasteiger charge is -2.18. The van der Waals surface area contributed by atoms with Crippen molar-refractivity contribution in [3.8, 4) is 11.3 Å². The van der Waals surface area contributed by atoms with Gasteiger partial charge in [-0.25, -0.2) is 9.37 Å². The van der Waals surface area contributed by atoms with Gasteiger partial charge in [-0.3, -0.25) is 4.79 Å². The molecule has 4 rings (SSSR count). The predicted molar refractivity (Wildman–Crippen MR) is 111 cm³/mol. The highest BCUT2D eigenvalue weighted by Gasteiger charge is 2.14. The van der Waals surface area contributed by atoms with Crippen molar-refractivity contribution in [3.63, 3.8) is 0 Å². The van der Waals surface area contributed by atoms with E-state index in [9.17, 15) is 9.18 Å². The minimum atomic E-state index is -0.360. The fourth-order valence-electron chi connectivity index (χ4n) is 3.39. The lowest BCUT2D eigenvalue weighted by atomic mass is 10.0. The zero-order chi connectivity index (χ0) is 20.2. The topological polar surface area (TPSA) is 46.3 Å². The highest BCUT2D eigenvalue weighted by molar-refractivity contribution is 5.86. The van der Waals surface area contributed by atoms with Gasteiger partial charge < -0.3 is 9.32 Å². The van der Waals surface area contributed by atoms with Crippen LogP contribution in [0.3, 0.4) is 0 Å². The van der Waals surface area contributed by atoms with E-state index in [1.165, 1.54) is 12.3 Å². The zero-order valence-electron chi connectivity index (χ0n) is 16.1. The Kier molecular flexibility index (Phi) is 5.38. The summed E-state index contributed by atoms with van der Waals surface area (Å²) in [6.45, 7) is 0.534. The third-order valence-electron chi connectivity index (χ3n) is 4.96. The maximum atomic E-state index is 13.9. The van der Waals surface area contributed by atoms with Gasteiger partial charge in [-0.15, -0.1) is 0 Å². The molecule has 0 atom stereocenters. The average molecular weight is 388 g/mol. The summed E-state index contributed by atoms with van der Waals surface area (Å²) in [7, 11) is 1.80. The van der Waals surface area contributed by atoms with E-state index >= 15 is 0 Å². The van der Waals surface area contributed by atoms with Gasteiger partial charge in [0.1, 0.15) is 5.82 Å². The Labute approximate surface area is 168 Å². The van der Waals surface area contributed by atoms with Gasteiger partial charge in [0.05, 0.1) is 11.8 Å². The van der Waals surface area contributed by atoms with Crippen LogP contribution >= 0.6 is 0 Å². The number of amides is 1. The number of nitrogens with zero attached hydrogens (tertiary/aromatic N) is 2. The summed E-state index contributed by atoms with van der Waals surface area (Å²) in [5.74, 6) is 0.439. The Balaban J connectivity index is 1.39. The molecule has 0 aliphatic heterocycles. The molecule has 0 saturated carbocycles. The van der Waals surface area contributed by atoms with Crippen LogP contribution in [0.2, 0.25) is 0 Å². The van der Waals surface area contributed by atoms with Crippen molar-refractivity contribution in [2.75, 3.05) is 7.05 Å². The van der Waals surface area contributed by atoms with Gasteiger partial charge in [-0.05, 0) is 28.5 Å². The number of aryl methyl sites for hydroxylation is 1. The molecule has 0 N–H and O–H groups in total. The van der Waals surface area contributed by atoms with Crippen LogP contribution in [-0.2, 0) is 17.8 Å². The summed E-state index contributed by atoms with van der Waals surface area (Å²) >= 11 is 0. The average Bonchev–Trinajstić information content (AvgIpc) is 3.21. The maximum absolute atomic E-state index is 13.9. The first kappa shape index (κ1) is 18.9. The Morgan fingerprint density at radius 3 is 2.66 bits per heavy atom. The second-order valence-corrected chi connectivity index (χ2v) is 6.99. The Bertz CT molecular complexity index is 1150. The van der Waals surface area contributed by atoms with E-state index < -0.39 is 0 Å². The predicted octanol–water partition coefficient (Wildman–Crippen LogP) is 5.23. The molecule has 3 aromatic carbocycles. The number of halogens is 1. The van der Waals surface area contributed by atoms with Gasteiger partial charge in [0.2, 0.25) is 5.91 Å². The van der Waals surface area contributed by atoms with Crippen LogP contribution in [0.4, 0.5) is 4.39 Å². The number of hydrogen-bond acceptors (Lipinski definition) is 3. The monoisotopic (exact) mass is 388 g/mol. The van der Waals surface area contributed by atoms with Gasteiger partial charge >= 0.3 is 0 Å². The van der Waals surface area contributed by atoms with E-state index in [0.29, 0.717) is 30.2 Å². The normalized spacial score (nSPS) is 11.0. The summed E-state index contributed by atoms with van der Waals surface area (Å²) in [5.41, 5.74) is 1.47. The van der Waals surface area contributed by atoms with Crippen molar-refractivity contribution in [2.45, 2.75) is 19.4 Å². The van der Waals surface area contributed by atoms with Crippen molar-refractivity contribution < 1.29 is 13.6 Å². The first-order valence-corrected chi connectivity index (χ1v) is 9.52. The van der Waals surface area contributed by atoms with Crippen molar-refractivity contribution in [3.05, 3.63) is 90.2 Å².